The van der Waals surface area contributed by atoms with Crippen LogP contribution in [0.3, 0.4) is 0 Å². The van der Waals surface area contributed by atoms with Gasteiger partial charge in [-0.1, -0.05) is 0 Å². The summed E-state index contributed by atoms with van der Waals surface area (Å²) in [5, 5.41) is 6.57. The van der Waals surface area contributed by atoms with Crippen molar-refractivity contribution in [3.63, 3.8) is 0 Å². The number of anilines is 2. The Labute approximate surface area is 159 Å². The van der Waals surface area contributed by atoms with E-state index in [1.165, 1.54) is 0 Å². The summed E-state index contributed by atoms with van der Waals surface area (Å²) in [5.74, 6) is 0.840. The Bertz CT molecular complexity index is 945. The Morgan fingerprint density at radius 1 is 1.11 bits per heavy atom. The molecule has 0 aliphatic carbocycles. The first-order valence-electron chi connectivity index (χ1n) is 9.28. The topological polar surface area (TPSA) is 81.3 Å². The number of benzene rings is 2. The molecule has 4 N–H and O–H groups in total. The Balaban J connectivity index is 2.05. The molecule has 2 aromatic carbocycles. The SMILES string of the molecule is CCNC(=O)Nc1ccc2c(N)c(-c3ccc(OCC)cc3)n(CC)c2c1. The van der Waals surface area contributed by atoms with Crippen molar-refractivity contribution in [2.75, 3.05) is 24.2 Å². The number of aryl methyl sites for hydroxylation is 1. The standard InChI is InChI=1S/C21H26N4O2/c1-4-23-21(26)24-15-9-12-17-18(13-15)25(5-2)20(19(17)22)14-7-10-16(11-8-14)27-6-3/h7-13H,4-6,22H2,1-3H3,(H2,23,24,26). The van der Waals surface area contributed by atoms with E-state index in [0.29, 0.717) is 13.2 Å². The molecule has 6 heteroatoms. The fraction of sp³-hybridized carbons (Fsp3) is 0.286. The fourth-order valence-electron chi connectivity index (χ4n) is 3.31. The number of rotatable bonds is 6. The van der Waals surface area contributed by atoms with Crippen LogP contribution in [0.15, 0.2) is 42.5 Å². The van der Waals surface area contributed by atoms with Crippen molar-refractivity contribution in [3.8, 4) is 17.0 Å². The van der Waals surface area contributed by atoms with Crippen LogP contribution in [-0.4, -0.2) is 23.7 Å². The second-order valence-corrected chi connectivity index (χ2v) is 6.18. The van der Waals surface area contributed by atoms with E-state index < -0.39 is 0 Å². The number of amides is 2. The van der Waals surface area contributed by atoms with Crippen LogP contribution in [-0.2, 0) is 6.54 Å². The number of nitrogens with two attached hydrogens (primary N) is 1. The maximum absolute atomic E-state index is 11.8. The molecule has 0 aliphatic heterocycles. The first kappa shape index (κ1) is 18.6. The molecule has 2 amide bonds. The Hall–Kier alpha value is -3.15. The van der Waals surface area contributed by atoms with E-state index >= 15 is 0 Å². The van der Waals surface area contributed by atoms with Gasteiger partial charge in [0.2, 0.25) is 0 Å². The number of nitrogen functional groups attached to an aromatic ring is 1. The molecule has 0 radical (unpaired) electrons. The lowest BCUT2D eigenvalue weighted by atomic mass is 10.1. The molecule has 142 valence electrons. The van der Waals surface area contributed by atoms with E-state index in [0.717, 1.165) is 45.8 Å². The molecule has 3 rings (SSSR count). The normalized spacial score (nSPS) is 10.8. The van der Waals surface area contributed by atoms with Crippen molar-refractivity contribution in [2.45, 2.75) is 27.3 Å². The number of ether oxygens (including phenoxy) is 1. The monoisotopic (exact) mass is 366 g/mol. The lowest BCUT2D eigenvalue weighted by Gasteiger charge is -2.11. The van der Waals surface area contributed by atoms with Gasteiger partial charge in [-0.15, -0.1) is 0 Å². The van der Waals surface area contributed by atoms with E-state index in [9.17, 15) is 4.79 Å². The molecule has 0 atom stereocenters. The summed E-state index contributed by atoms with van der Waals surface area (Å²) in [4.78, 5) is 11.8. The van der Waals surface area contributed by atoms with Gasteiger partial charge in [0.1, 0.15) is 5.75 Å². The van der Waals surface area contributed by atoms with Crippen molar-refractivity contribution in [1.29, 1.82) is 0 Å². The molecule has 1 heterocycles. The predicted molar refractivity (Wildman–Crippen MR) is 111 cm³/mol. The second-order valence-electron chi connectivity index (χ2n) is 6.18. The molecule has 0 spiro atoms. The highest BCUT2D eigenvalue weighted by atomic mass is 16.5. The summed E-state index contributed by atoms with van der Waals surface area (Å²) in [7, 11) is 0. The van der Waals surface area contributed by atoms with Gasteiger partial charge in [-0.25, -0.2) is 4.79 Å². The molecule has 3 aromatic rings. The van der Waals surface area contributed by atoms with Crippen LogP contribution in [0.2, 0.25) is 0 Å². The average molecular weight is 366 g/mol. The van der Waals surface area contributed by atoms with Crippen molar-refractivity contribution < 1.29 is 9.53 Å². The van der Waals surface area contributed by atoms with Crippen LogP contribution in [0.4, 0.5) is 16.2 Å². The summed E-state index contributed by atoms with van der Waals surface area (Å²) in [6, 6.07) is 13.5. The molecule has 27 heavy (non-hydrogen) atoms. The van der Waals surface area contributed by atoms with Crippen molar-refractivity contribution in [3.05, 3.63) is 42.5 Å². The molecule has 0 bridgehead atoms. The van der Waals surface area contributed by atoms with Crippen molar-refractivity contribution >= 4 is 28.3 Å². The molecular weight excluding hydrogens is 340 g/mol. The van der Waals surface area contributed by atoms with Gasteiger partial charge >= 0.3 is 6.03 Å². The van der Waals surface area contributed by atoms with Crippen molar-refractivity contribution in [2.24, 2.45) is 0 Å². The minimum Gasteiger partial charge on any atom is -0.494 e. The van der Waals surface area contributed by atoms with Gasteiger partial charge in [0.05, 0.1) is 23.5 Å². The van der Waals surface area contributed by atoms with E-state index in [1.807, 2.05) is 56.3 Å². The predicted octanol–water partition coefficient (Wildman–Crippen LogP) is 4.45. The highest BCUT2D eigenvalue weighted by Crippen LogP contribution is 2.37. The quantitative estimate of drug-likeness (QED) is 0.603. The Morgan fingerprint density at radius 2 is 1.85 bits per heavy atom. The third-order valence-electron chi connectivity index (χ3n) is 4.45. The largest absolute Gasteiger partial charge is 0.494 e. The minimum atomic E-state index is -0.217. The number of hydrogen-bond donors (Lipinski definition) is 3. The number of fused-ring (bicyclic) bond motifs is 1. The van der Waals surface area contributed by atoms with Crippen LogP contribution in [0.1, 0.15) is 20.8 Å². The summed E-state index contributed by atoms with van der Waals surface area (Å²) < 4.78 is 7.70. The Kier molecular flexibility index (Phi) is 5.54. The fourth-order valence-corrected chi connectivity index (χ4v) is 3.31. The number of urea groups is 1. The highest BCUT2D eigenvalue weighted by Gasteiger charge is 2.16. The lowest BCUT2D eigenvalue weighted by Crippen LogP contribution is -2.28. The first-order chi connectivity index (χ1) is 13.1. The number of aromatic nitrogens is 1. The average Bonchev–Trinajstić information content (AvgIpc) is 2.94. The summed E-state index contributed by atoms with van der Waals surface area (Å²) in [5.41, 5.74) is 11.0. The third kappa shape index (κ3) is 3.69. The van der Waals surface area contributed by atoms with Gasteiger partial charge in [0.15, 0.2) is 0 Å². The first-order valence-corrected chi connectivity index (χ1v) is 9.28. The molecule has 0 saturated carbocycles. The van der Waals surface area contributed by atoms with Crippen LogP contribution in [0, 0.1) is 0 Å². The highest BCUT2D eigenvalue weighted by molar-refractivity contribution is 6.03. The van der Waals surface area contributed by atoms with Gasteiger partial charge < -0.3 is 25.7 Å². The third-order valence-corrected chi connectivity index (χ3v) is 4.45. The zero-order valence-electron chi connectivity index (χ0n) is 16.0. The van der Waals surface area contributed by atoms with Crippen LogP contribution in [0.5, 0.6) is 5.75 Å². The van der Waals surface area contributed by atoms with E-state index in [2.05, 4.69) is 22.1 Å². The zero-order valence-corrected chi connectivity index (χ0v) is 16.0. The van der Waals surface area contributed by atoms with Gasteiger partial charge in [0, 0.05) is 29.7 Å². The number of nitrogens with one attached hydrogen (secondary N) is 2. The summed E-state index contributed by atoms with van der Waals surface area (Å²) in [6.07, 6.45) is 0. The molecule has 0 saturated heterocycles. The van der Waals surface area contributed by atoms with Gasteiger partial charge in [-0.2, -0.15) is 0 Å². The number of carbonyl (C=O) groups is 1. The van der Waals surface area contributed by atoms with Crippen LogP contribution in [0.25, 0.3) is 22.2 Å². The zero-order chi connectivity index (χ0) is 19.4. The summed E-state index contributed by atoms with van der Waals surface area (Å²) >= 11 is 0. The summed E-state index contributed by atoms with van der Waals surface area (Å²) in [6.45, 7) is 7.91. The maximum Gasteiger partial charge on any atom is 0.319 e. The molecular formula is C21H26N4O2. The van der Waals surface area contributed by atoms with Gasteiger partial charge in [-0.3, -0.25) is 0 Å². The molecule has 1 aromatic heterocycles. The van der Waals surface area contributed by atoms with E-state index in [-0.39, 0.29) is 6.03 Å². The Morgan fingerprint density at radius 3 is 2.48 bits per heavy atom. The molecule has 0 unspecified atom stereocenters. The van der Waals surface area contributed by atoms with Crippen molar-refractivity contribution in [1.82, 2.24) is 9.88 Å². The maximum atomic E-state index is 11.8. The number of nitrogens with zero attached hydrogens (tertiary/aromatic N) is 1. The van der Waals surface area contributed by atoms with Gasteiger partial charge in [0.25, 0.3) is 0 Å². The van der Waals surface area contributed by atoms with Crippen LogP contribution < -0.4 is 21.1 Å². The van der Waals surface area contributed by atoms with Gasteiger partial charge in [-0.05, 0) is 63.2 Å². The minimum absolute atomic E-state index is 0.217. The van der Waals surface area contributed by atoms with Crippen LogP contribution >= 0.6 is 0 Å². The molecule has 6 nitrogen and oxygen atoms in total. The van der Waals surface area contributed by atoms with E-state index in [4.69, 9.17) is 10.5 Å². The number of carbonyl (C=O) groups excluding carboxylic acids is 1. The number of hydrogen-bond acceptors (Lipinski definition) is 3. The second kappa shape index (κ2) is 8.03. The smallest absolute Gasteiger partial charge is 0.319 e. The molecule has 0 fully saturated rings. The molecule has 0 aliphatic rings. The van der Waals surface area contributed by atoms with E-state index in [1.54, 1.807) is 0 Å². The lowest BCUT2D eigenvalue weighted by molar-refractivity contribution is 0.252.